The molecule has 31 heavy (non-hydrogen) atoms. The van der Waals surface area contributed by atoms with Crippen LogP contribution in [0.4, 0.5) is 5.69 Å². The predicted molar refractivity (Wildman–Crippen MR) is 117 cm³/mol. The Balaban J connectivity index is 1.96. The summed E-state index contributed by atoms with van der Waals surface area (Å²) in [7, 11) is 6.02. The van der Waals surface area contributed by atoms with Crippen molar-refractivity contribution in [2.75, 3.05) is 33.8 Å². The SMILES string of the molecule is COc1cc(NC(=O)Cc2c(C)c3c(OC)cc(C)cc3oc2=O)cc(OC)c1OC. The van der Waals surface area contributed by atoms with Crippen molar-refractivity contribution in [3.63, 3.8) is 0 Å². The number of carbonyl (C=O) groups excluding carboxylic acids is 1. The first-order valence-corrected chi connectivity index (χ1v) is 9.53. The summed E-state index contributed by atoms with van der Waals surface area (Å²) < 4.78 is 26.8. The maximum atomic E-state index is 12.7. The van der Waals surface area contributed by atoms with Gasteiger partial charge in [0.2, 0.25) is 11.7 Å². The second-order valence-corrected chi connectivity index (χ2v) is 6.97. The lowest BCUT2D eigenvalue weighted by Gasteiger charge is -2.15. The summed E-state index contributed by atoms with van der Waals surface area (Å²) in [4.78, 5) is 25.3. The van der Waals surface area contributed by atoms with Gasteiger partial charge in [-0.25, -0.2) is 4.79 Å². The first-order valence-electron chi connectivity index (χ1n) is 9.53. The highest BCUT2D eigenvalue weighted by Crippen LogP contribution is 2.40. The van der Waals surface area contributed by atoms with E-state index in [1.807, 2.05) is 13.0 Å². The lowest BCUT2D eigenvalue weighted by atomic mass is 10.0. The molecule has 0 aliphatic heterocycles. The van der Waals surface area contributed by atoms with E-state index < -0.39 is 11.5 Å². The van der Waals surface area contributed by atoms with Crippen molar-refractivity contribution in [3.8, 4) is 23.0 Å². The van der Waals surface area contributed by atoms with E-state index in [-0.39, 0.29) is 12.0 Å². The summed E-state index contributed by atoms with van der Waals surface area (Å²) in [6, 6.07) is 6.85. The fourth-order valence-corrected chi connectivity index (χ4v) is 3.52. The molecule has 8 nitrogen and oxygen atoms in total. The topological polar surface area (TPSA) is 96.2 Å². The van der Waals surface area contributed by atoms with E-state index in [0.717, 1.165) is 5.56 Å². The summed E-state index contributed by atoms with van der Waals surface area (Å²) in [6.45, 7) is 3.66. The van der Waals surface area contributed by atoms with Crippen LogP contribution in [-0.4, -0.2) is 34.3 Å². The number of hydrogen-bond acceptors (Lipinski definition) is 7. The van der Waals surface area contributed by atoms with Crippen LogP contribution >= 0.6 is 0 Å². The molecule has 8 heteroatoms. The highest BCUT2D eigenvalue weighted by atomic mass is 16.5. The molecule has 1 heterocycles. The third kappa shape index (κ3) is 4.28. The minimum absolute atomic E-state index is 0.169. The highest BCUT2D eigenvalue weighted by Gasteiger charge is 2.19. The maximum absolute atomic E-state index is 12.7. The summed E-state index contributed by atoms with van der Waals surface area (Å²) in [5, 5.41) is 3.43. The fourth-order valence-electron chi connectivity index (χ4n) is 3.52. The number of hydrogen-bond donors (Lipinski definition) is 1. The third-order valence-electron chi connectivity index (χ3n) is 4.99. The number of fused-ring (bicyclic) bond motifs is 1. The normalized spacial score (nSPS) is 10.6. The standard InChI is InChI=1S/C23H25NO7/c1-12-7-16(27-3)21-13(2)15(23(26)31-17(21)8-12)11-20(25)24-14-9-18(28-4)22(30-6)19(10-14)29-5/h7-10H,11H2,1-6H3,(H,24,25). The number of aryl methyl sites for hydroxylation is 2. The molecule has 3 rings (SSSR count). The average Bonchev–Trinajstić information content (AvgIpc) is 2.74. The van der Waals surface area contributed by atoms with Gasteiger partial charge >= 0.3 is 5.63 Å². The maximum Gasteiger partial charge on any atom is 0.340 e. The zero-order chi connectivity index (χ0) is 22.7. The number of benzene rings is 2. The van der Waals surface area contributed by atoms with Gasteiger partial charge in [-0.05, 0) is 37.1 Å². The molecule has 0 bridgehead atoms. The van der Waals surface area contributed by atoms with Gasteiger partial charge in [-0.1, -0.05) is 0 Å². The van der Waals surface area contributed by atoms with Crippen LogP contribution < -0.4 is 29.9 Å². The lowest BCUT2D eigenvalue weighted by Crippen LogP contribution is -2.21. The molecular weight excluding hydrogens is 402 g/mol. The summed E-state index contributed by atoms with van der Waals surface area (Å²) in [6.07, 6.45) is -0.169. The van der Waals surface area contributed by atoms with Gasteiger partial charge in [-0.15, -0.1) is 0 Å². The van der Waals surface area contributed by atoms with Gasteiger partial charge < -0.3 is 28.7 Å². The van der Waals surface area contributed by atoms with Gasteiger partial charge in [-0.3, -0.25) is 4.79 Å². The largest absolute Gasteiger partial charge is 0.496 e. The molecule has 0 spiro atoms. The predicted octanol–water partition coefficient (Wildman–Crippen LogP) is 3.63. The smallest absolute Gasteiger partial charge is 0.340 e. The zero-order valence-electron chi connectivity index (χ0n) is 18.4. The molecule has 0 fully saturated rings. The van der Waals surface area contributed by atoms with Gasteiger partial charge in [-0.2, -0.15) is 0 Å². The van der Waals surface area contributed by atoms with Gasteiger partial charge in [0.1, 0.15) is 11.3 Å². The van der Waals surface area contributed by atoms with Crippen molar-refractivity contribution < 1.29 is 28.2 Å². The van der Waals surface area contributed by atoms with Crippen molar-refractivity contribution >= 4 is 22.6 Å². The molecule has 2 aromatic carbocycles. The Morgan fingerprint density at radius 1 is 0.903 bits per heavy atom. The summed E-state index contributed by atoms with van der Waals surface area (Å²) >= 11 is 0. The molecule has 0 saturated heterocycles. The molecule has 0 radical (unpaired) electrons. The molecule has 1 N–H and O–H groups in total. The number of nitrogens with one attached hydrogen (secondary N) is 1. The molecule has 164 valence electrons. The van der Waals surface area contributed by atoms with Crippen molar-refractivity contribution in [1.29, 1.82) is 0 Å². The molecule has 1 amide bonds. The Hall–Kier alpha value is -3.68. The molecule has 0 aliphatic rings. The van der Waals surface area contributed by atoms with E-state index >= 15 is 0 Å². The van der Waals surface area contributed by atoms with Crippen LogP contribution in [0.15, 0.2) is 33.5 Å². The van der Waals surface area contributed by atoms with Crippen LogP contribution in [0.1, 0.15) is 16.7 Å². The van der Waals surface area contributed by atoms with Crippen molar-refractivity contribution in [3.05, 3.63) is 51.4 Å². The Labute approximate surface area is 179 Å². The lowest BCUT2D eigenvalue weighted by molar-refractivity contribution is -0.115. The Kier molecular flexibility index (Phi) is 6.39. The Morgan fingerprint density at radius 3 is 2.06 bits per heavy atom. The van der Waals surface area contributed by atoms with Gasteiger partial charge in [0.15, 0.2) is 11.5 Å². The van der Waals surface area contributed by atoms with E-state index in [4.69, 9.17) is 23.4 Å². The first-order chi connectivity index (χ1) is 14.8. The van der Waals surface area contributed by atoms with E-state index in [1.54, 1.807) is 32.2 Å². The number of ether oxygens (including phenoxy) is 4. The quantitative estimate of drug-likeness (QED) is 0.575. The first kappa shape index (κ1) is 22.0. The zero-order valence-corrected chi connectivity index (χ0v) is 18.4. The molecular formula is C23H25NO7. The summed E-state index contributed by atoms with van der Waals surface area (Å²) in [5.74, 6) is 1.41. The Bertz CT molecular complexity index is 1170. The monoisotopic (exact) mass is 427 g/mol. The minimum atomic E-state index is -0.558. The van der Waals surface area contributed by atoms with E-state index in [0.29, 0.717) is 45.2 Å². The molecule has 0 unspecified atom stereocenters. The minimum Gasteiger partial charge on any atom is -0.496 e. The molecule has 0 saturated carbocycles. The molecule has 0 atom stereocenters. The van der Waals surface area contributed by atoms with Gasteiger partial charge in [0.05, 0.1) is 45.8 Å². The van der Waals surface area contributed by atoms with E-state index in [1.165, 1.54) is 21.3 Å². The molecule has 0 aliphatic carbocycles. The van der Waals surface area contributed by atoms with E-state index in [9.17, 15) is 9.59 Å². The van der Waals surface area contributed by atoms with Crippen molar-refractivity contribution in [2.24, 2.45) is 0 Å². The van der Waals surface area contributed by atoms with Crippen LogP contribution in [0.5, 0.6) is 23.0 Å². The molecule has 1 aromatic heterocycles. The van der Waals surface area contributed by atoms with Gasteiger partial charge in [0, 0.05) is 17.8 Å². The van der Waals surface area contributed by atoms with Crippen LogP contribution in [0.3, 0.4) is 0 Å². The fraction of sp³-hybridized carbons (Fsp3) is 0.304. The Morgan fingerprint density at radius 2 is 1.52 bits per heavy atom. The van der Waals surface area contributed by atoms with Crippen LogP contribution in [-0.2, 0) is 11.2 Å². The molecule has 3 aromatic rings. The van der Waals surface area contributed by atoms with Crippen LogP contribution in [0.2, 0.25) is 0 Å². The number of methoxy groups -OCH3 is 4. The number of amides is 1. The number of anilines is 1. The number of rotatable bonds is 7. The summed E-state index contributed by atoms with van der Waals surface area (Å²) in [5.41, 5.74) is 2.11. The number of carbonyl (C=O) groups is 1. The van der Waals surface area contributed by atoms with E-state index in [2.05, 4.69) is 5.32 Å². The van der Waals surface area contributed by atoms with Gasteiger partial charge in [0.25, 0.3) is 0 Å². The second-order valence-electron chi connectivity index (χ2n) is 6.97. The third-order valence-corrected chi connectivity index (χ3v) is 4.99. The second kappa shape index (κ2) is 8.99. The van der Waals surface area contributed by atoms with Crippen molar-refractivity contribution in [2.45, 2.75) is 20.3 Å². The highest BCUT2D eigenvalue weighted by molar-refractivity contribution is 5.95. The van der Waals surface area contributed by atoms with Crippen LogP contribution in [0, 0.1) is 13.8 Å². The van der Waals surface area contributed by atoms with Crippen LogP contribution in [0.25, 0.3) is 11.0 Å². The average molecular weight is 427 g/mol. The van der Waals surface area contributed by atoms with Crippen molar-refractivity contribution in [1.82, 2.24) is 0 Å².